The van der Waals surface area contributed by atoms with Crippen LogP contribution in [0.4, 0.5) is 22.7 Å². The van der Waals surface area contributed by atoms with Gasteiger partial charge in [-0.05, 0) is 119 Å². The molecule has 12 nitrogen and oxygen atoms in total. The standard InChI is InChI=1S/C40H26N8O4/c49-47(50)33-15-1-25(2-16-33)23-41-31-11-5-27(6-12-31)39-43-35-19-9-29(21-37(35)45-39)30-10-20-36-38(22-30)46-40(44-36)28-7-13-32(14-8-28)42-24-26-3-17-34(18-4-26)48(51)52/h1-24H,(H,43,45)(H,44,46). The van der Waals surface area contributed by atoms with Gasteiger partial charge in [0.2, 0.25) is 0 Å². The van der Waals surface area contributed by atoms with Gasteiger partial charge in [0.25, 0.3) is 11.4 Å². The van der Waals surface area contributed by atoms with Crippen LogP contribution in [0.3, 0.4) is 0 Å². The summed E-state index contributed by atoms with van der Waals surface area (Å²) < 4.78 is 0. The van der Waals surface area contributed by atoms with E-state index in [1.54, 1.807) is 36.7 Å². The van der Waals surface area contributed by atoms with Crippen LogP contribution in [0.1, 0.15) is 11.1 Å². The Morgan fingerprint density at radius 1 is 0.481 bits per heavy atom. The number of nitro benzene ring substituents is 2. The first-order chi connectivity index (χ1) is 25.3. The van der Waals surface area contributed by atoms with Crippen molar-refractivity contribution in [3.05, 3.63) is 165 Å². The number of nitro groups is 2. The zero-order valence-electron chi connectivity index (χ0n) is 27.2. The molecule has 0 radical (unpaired) electrons. The number of aliphatic imine (C=N–C) groups is 2. The molecule has 8 rings (SSSR count). The molecule has 0 aliphatic carbocycles. The predicted molar refractivity (Wildman–Crippen MR) is 203 cm³/mol. The maximum Gasteiger partial charge on any atom is 0.269 e. The van der Waals surface area contributed by atoms with Crippen LogP contribution >= 0.6 is 0 Å². The van der Waals surface area contributed by atoms with Gasteiger partial charge in [0.05, 0.1) is 43.3 Å². The molecule has 0 saturated heterocycles. The summed E-state index contributed by atoms with van der Waals surface area (Å²) in [7, 11) is 0. The molecule has 0 spiro atoms. The first-order valence-electron chi connectivity index (χ1n) is 16.1. The van der Waals surface area contributed by atoms with Crippen LogP contribution in [0.25, 0.3) is 56.0 Å². The highest BCUT2D eigenvalue weighted by atomic mass is 16.6. The number of aromatic amines is 2. The van der Waals surface area contributed by atoms with Gasteiger partial charge >= 0.3 is 0 Å². The second-order valence-corrected chi connectivity index (χ2v) is 11.9. The third-order valence-corrected chi connectivity index (χ3v) is 8.51. The summed E-state index contributed by atoms with van der Waals surface area (Å²) in [6, 6.07) is 40.2. The minimum atomic E-state index is -0.426. The second-order valence-electron chi connectivity index (χ2n) is 11.9. The van der Waals surface area contributed by atoms with E-state index in [4.69, 9.17) is 9.97 Å². The van der Waals surface area contributed by atoms with Crippen molar-refractivity contribution < 1.29 is 9.85 Å². The molecule has 0 bridgehead atoms. The Kier molecular flexibility index (Phi) is 8.14. The van der Waals surface area contributed by atoms with Crippen molar-refractivity contribution in [1.82, 2.24) is 19.9 Å². The van der Waals surface area contributed by atoms with Crippen LogP contribution in [0.5, 0.6) is 0 Å². The molecular weight excluding hydrogens is 656 g/mol. The van der Waals surface area contributed by atoms with E-state index in [0.29, 0.717) is 0 Å². The maximum atomic E-state index is 10.9. The van der Waals surface area contributed by atoms with E-state index in [-0.39, 0.29) is 11.4 Å². The van der Waals surface area contributed by atoms with Crippen molar-refractivity contribution in [3.63, 3.8) is 0 Å². The Balaban J connectivity index is 0.960. The number of benzene rings is 6. The Bertz CT molecular complexity index is 2470. The Hall–Kier alpha value is -7.60. The van der Waals surface area contributed by atoms with Crippen molar-refractivity contribution in [3.8, 4) is 33.9 Å². The number of hydrogen-bond donors (Lipinski definition) is 2. The van der Waals surface area contributed by atoms with Crippen LogP contribution < -0.4 is 0 Å². The molecule has 0 atom stereocenters. The molecule has 0 unspecified atom stereocenters. The molecule has 12 heteroatoms. The largest absolute Gasteiger partial charge is 0.338 e. The number of hydrogen-bond acceptors (Lipinski definition) is 8. The topological polar surface area (TPSA) is 168 Å². The highest BCUT2D eigenvalue weighted by Gasteiger charge is 2.11. The minimum Gasteiger partial charge on any atom is -0.338 e. The van der Waals surface area contributed by atoms with Gasteiger partial charge in [-0.1, -0.05) is 12.1 Å². The summed E-state index contributed by atoms with van der Waals surface area (Å²) in [4.78, 5) is 46.4. The zero-order valence-corrected chi connectivity index (χ0v) is 27.2. The molecule has 2 N–H and O–H groups in total. The lowest BCUT2D eigenvalue weighted by molar-refractivity contribution is -0.385. The Morgan fingerprint density at radius 2 is 0.846 bits per heavy atom. The van der Waals surface area contributed by atoms with Crippen LogP contribution in [0.15, 0.2) is 143 Å². The average molecular weight is 683 g/mol. The van der Waals surface area contributed by atoms with E-state index in [0.717, 1.165) is 78.5 Å². The quantitative estimate of drug-likeness (QED) is 0.0872. The van der Waals surface area contributed by atoms with Crippen LogP contribution in [0, 0.1) is 20.2 Å². The number of nitrogens with zero attached hydrogens (tertiary/aromatic N) is 6. The van der Waals surface area contributed by atoms with Gasteiger partial charge in [-0.15, -0.1) is 0 Å². The summed E-state index contributed by atoms with van der Waals surface area (Å²) >= 11 is 0. The summed E-state index contributed by atoms with van der Waals surface area (Å²) in [5.74, 6) is 1.49. The normalized spacial score (nSPS) is 11.6. The fourth-order valence-corrected chi connectivity index (χ4v) is 5.72. The van der Waals surface area contributed by atoms with Crippen LogP contribution in [-0.2, 0) is 0 Å². The Morgan fingerprint density at radius 3 is 1.21 bits per heavy atom. The maximum absolute atomic E-state index is 10.9. The third kappa shape index (κ3) is 6.67. The molecule has 0 aliphatic rings. The van der Waals surface area contributed by atoms with E-state index in [1.807, 2.05) is 60.7 Å². The van der Waals surface area contributed by atoms with E-state index >= 15 is 0 Å². The summed E-state index contributed by atoms with van der Waals surface area (Å²) in [5.41, 5.74) is 10.6. The highest BCUT2D eigenvalue weighted by molar-refractivity contribution is 5.89. The minimum absolute atomic E-state index is 0.0418. The van der Waals surface area contributed by atoms with Crippen molar-refractivity contribution in [2.75, 3.05) is 0 Å². The van der Waals surface area contributed by atoms with Gasteiger partial charge in [0, 0.05) is 47.8 Å². The highest BCUT2D eigenvalue weighted by Crippen LogP contribution is 2.30. The smallest absolute Gasteiger partial charge is 0.269 e. The molecule has 8 aromatic rings. The van der Waals surface area contributed by atoms with E-state index < -0.39 is 9.85 Å². The zero-order chi connectivity index (χ0) is 35.6. The number of aromatic nitrogens is 4. The van der Waals surface area contributed by atoms with Gasteiger partial charge in [0.1, 0.15) is 11.6 Å². The van der Waals surface area contributed by atoms with Gasteiger partial charge < -0.3 is 9.97 Å². The number of imidazole rings is 2. The second kappa shape index (κ2) is 13.4. The lowest BCUT2D eigenvalue weighted by atomic mass is 10.0. The average Bonchev–Trinajstić information content (AvgIpc) is 3.81. The number of non-ortho nitro benzene ring substituents is 2. The number of rotatable bonds is 9. The lowest BCUT2D eigenvalue weighted by Crippen LogP contribution is -1.88. The number of H-pyrrole nitrogens is 2. The van der Waals surface area contributed by atoms with Gasteiger partial charge in [-0.3, -0.25) is 30.2 Å². The van der Waals surface area contributed by atoms with E-state index in [1.165, 1.54) is 24.3 Å². The molecule has 0 fully saturated rings. The van der Waals surface area contributed by atoms with E-state index in [2.05, 4.69) is 44.2 Å². The third-order valence-electron chi connectivity index (χ3n) is 8.51. The summed E-state index contributed by atoms with van der Waals surface area (Å²) in [5, 5.41) is 21.8. The summed E-state index contributed by atoms with van der Waals surface area (Å²) in [6.07, 6.45) is 3.34. The number of fused-ring (bicyclic) bond motifs is 2. The van der Waals surface area contributed by atoms with Gasteiger partial charge in [-0.25, -0.2) is 9.97 Å². The van der Waals surface area contributed by atoms with Gasteiger partial charge in [-0.2, -0.15) is 0 Å². The SMILES string of the molecule is O=[N+]([O-])c1ccc(C=Nc2ccc(-c3nc4ccc(-c5ccc6nc(-c7ccc(N=Cc8ccc([N+](=O)[O-])cc8)cc7)[nH]c6c5)cc4[nH]3)cc2)cc1. The molecule has 0 amide bonds. The molecule has 0 aliphatic heterocycles. The molecule has 2 aromatic heterocycles. The van der Waals surface area contributed by atoms with Crippen LogP contribution in [-0.4, -0.2) is 42.2 Å². The monoisotopic (exact) mass is 682 g/mol. The number of nitrogens with one attached hydrogen (secondary N) is 2. The molecule has 52 heavy (non-hydrogen) atoms. The summed E-state index contributed by atoms with van der Waals surface area (Å²) in [6.45, 7) is 0. The van der Waals surface area contributed by atoms with E-state index in [9.17, 15) is 20.2 Å². The van der Waals surface area contributed by atoms with Crippen molar-refractivity contribution in [2.45, 2.75) is 0 Å². The Labute approximate surface area is 295 Å². The molecule has 6 aromatic carbocycles. The predicted octanol–water partition coefficient (Wildman–Crippen LogP) is 9.76. The molecule has 250 valence electrons. The van der Waals surface area contributed by atoms with Crippen molar-refractivity contribution in [1.29, 1.82) is 0 Å². The molecule has 0 saturated carbocycles. The van der Waals surface area contributed by atoms with Gasteiger partial charge in [0.15, 0.2) is 0 Å². The van der Waals surface area contributed by atoms with Crippen molar-refractivity contribution in [2.24, 2.45) is 9.98 Å². The molecule has 2 heterocycles. The fourth-order valence-electron chi connectivity index (χ4n) is 5.72. The first-order valence-corrected chi connectivity index (χ1v) is 16.1. The van der Waals surface area contributed by atoms with Crippen molar-refractivity contribution >= 4 is 57.2 Å². The fraction of sp³-hybridized carbons (Fsp3) is 0. The lowest BCUT2D eigenvalue weighted by Gasteiger charge is -2.02. The molecular formula is C40H26N8O4. The van der Waals surface area contributed by atoms with Crippen LogP contribution in [0.2, 0.25) is 0 Å². The first kappa shape index (κ1) is 31.7.